The van der Waals surface area contributed by atoms with Crippen LogP contribution in [0.15, 0.2) is 34.7 Å². The quantitative estimate of drug-likeness (QED) is 0.814. The molecule has 0 aliphatic heterocycles. The Kier molecular flexibility index (Phi) is 5.36. The number of likely N-dealkylation sites (N-methyl/N-ethyl adjacent to an activating group) is 1. The van der Waals surface area contributed by atoms with E-state index in [0.717, 1.165) is 24.1 Å². The number of carbonyl (C=O) groups excluding carboxylic acids is 1. The molecule has 118 valence electrons. The first kappa shape index (κ1) is 16.3. The van der Waals surface area contributed by atoms with E-state index in [1.165, 1.54) is 0 Å². The van der Waals surface area contributed by atoms with Crippen molar-refractivity contribution >= 4 is 5.91 Å². The maximum Gasteiger partial charge on any atom is 0.228 e. The zero-order valence-electron chi connectivity index (χ0n) is 13.8. The summed E-state index contributed by atoms with van der Waals surface area (Å²) in [7, 11) is 1.87. The van der Waals surface area contributed by atoms with Crippen LogP contribution >= 0.6 is 0 Å². The molecule has 0 radical (unpaired) electrons. The first-order valence-electron chi connectivity index (χ1n) is 7.84. The van der Waals surface area contributed by atoms with Gasteiger partial charge in [-0.2, -0.15) is 0 Å². The van der Waals surface area contributed by atoms with Gasteiger partial charge in [0, 0.05) is 18.7 Å². The standard InChI is InChI=1S/C18H24N2O2/c1-5-15(6-2)20(4)17(21)12-16-13(3)22-18(19-16)14-10-8-7-9-11-14/h7-11,15H,5-6,12H2,1-4H3. The van der Waals surface area contributed by atoms with Gasteiger partial charge in [0.25, 0.3) is 0 Å². The van der Waals surface area contributed by atoms with Crippen LogP contribution in [-0.2, 0) is 11.2 Å². The van der Waals surface area contributed by atoms with Crippen LogP contribution in [0.2, 0.25) is 0 Å². The molecule has 4 nitrogen and oxygen atoms in total. The van der Waals surface area contributed by atoms with E-state index in [1.807, 2.05) is 49.2 Å². The number of oxazole rings is 1. The zero-order chi connectivity index (χ0) is 16.1. The van der Waals surface area contributed by atoms with Gasteiger partial charge in [0.2, 0.25) is 11.8 Å². The van der Waals surface area contributed by atoms with Gasteiger partial charge < -0.3 is 9.32 Å². The molecule has 1 amide bonds. The number of carbonyl (C=O) groups is 1. The minimum Gasteiger partial charge on any atom is -0.441 e. The molecule has 0 aliphatic carbocycles. The van der Waals surface area contributed by atoms with Crippen molar-refractivity contribution in [2.45, 2.75) is 46.1 Å². The van der Waals surface area contributed by atoms with Gasteiger partial charge in [-0.3, -0.25) is 4.79 Å². The summed E-state index contributed by atoms with van der Waals surface area (Å²) in [4.78, 5) is 18.7. The van der Waals surface area contributed by atoms with Crippen molar-refractivity contribution in [2.24, 2.45) is 0 Å². The summed E-state index contributed by atoms with van der Waals surface area (Å²) < 4.78 is 5.71. The molecule has 0 aliphatic rings. The Hall–Kier alpha value is -2.10. The predicted octanol–water partition coefficient (Wildman–Crippen LogP) is 3.84. The third-order valence-corrected chi connectivity index (χ3v) is 4.12. The minimum atomic E-state index is 0.0877. The lowest BCUT2D eigenvalue weighted by molar-refractivity contribution is -0.131. The molecule has 0 unspecified atom stereocenters. The second kappa shape index (κ2) is 7.25. The van der Waals surface area contributed by atoms with Gasteiger partial charge in [-0.05, 0) is 31.9 Å². The van der Waals surface area contributed by atoms with E-state index in [4.69, 9.17) is 4.42 Å². The Labute approximate surface area is 132 Å². The molecule has 0 saturated heterocycles. The van der Waals surface area contributed by atoms with Gasteiger partial charge in [-0.15, -0.1) is 0 Å². The maximum atomic E-state index is 12.4. The van der Waals surface area contributed by atoms with Gasteiger partial charge in [0.15, 0.2) is 0 Å². The fourth-order valence-corrected chi connectivity index (χ4v) is 2.60. The molecule has 0 N–H and O–H groups in total. The van der Waals surface area contributed by atoms with Crippen molar-refractivity contribution in [3.05, 3.63) is 41.8 Å². The molecule has 4 heteroatoms. The van der Waals surface area contributed by atoms with Crippen LogP contribution in [0.4, 0.5) is 0 Å². The van der Waals surface area contributed by atoms with E-state index < -0.39 is 0 Å². The highest BCUT2D eigenvalue weighted by atomic mass is 16.4. The van der Waals surface area contributed by atoms with Gasteiger partial charge >= 0.3 is 0 Å². The lowest BCUT2D eigenvalue weighted by Gasteiger charge is -2.26. The monoisotopic (exact) mass is 300 g/mol. The fourth-order valence-electron chi connectivity index (χ4n) is 2.60. The highest BCUT2D eigenvalue weighted by molar-refractivity contribution is 5.78. The summed E-state index contributed by atoms with van der Waals surface area (Å²) in [5.41, 5.74) is 1.65. The third kappa shape index (κ3) is 3.56. The van der Waals surface area contributed by atoms with Crippen LogP contribution in [0.1, 0.15) is 38.1 Å². The molecule has 0 atom stereocenters. The van der Waals surface area contributed by atoms with Crippen LogP contribution in [0.25, 0.3) is 11.5 Å². The second-order valence-corrected chi connectivity index (χ2v) is 5.54. The molecule has 0 bridgehead atoms. The van der Waals surface area contributed by atoms with Crippen molar-refractivity contribution in [2.75, 3.05) is 7.05 Å². The molecular weight excluding hydrogens is 276 g/mol. The van der Waals surface area contributed by atoms with Crippen LogP contribution in [0.3, 0.4) is 0 Å². The smallest absolute Gasteiger partial charge is 0.228 e. The lowest BCUT2D eigenvalue weighted by atomic mass is 10.1. The maximum absolute atomic E-state index is 12.4. The van der Waals surface area contributed by atoms with Gasteiger partial charge in [-0.25, -0.2) is 4.98 Å². The first-order chi connectivity index (χ1) is 10.6. The Morgan fingerprint density at radius 2 is 1.86 bits per heavy atom. The number of amides is 1. The van der Waals surface area contributed by atoms with E-state index >= 15 is 0 Å². The molecule has 2 rings (SSSR count). The fraction of sp³-hybridized carbons (Fsp3) is 0.444. The summed E-state index contributed by atoms with van der Waals surface area (Å²) in [6, 6.07) is 10.0. The minimum absolute atomic E-state index is 0.0877. The number of hydrogen-bond acceptors (Lipinski definition) is 3. The van der Waals surface area contributed by atoms with E-state index in [1.54, 1.807) is 0 Å². The normalized spacial score (nSPS) is 11.0. The average Bonchev–Trinajstić information content (AvgIpc) is 2.90. The Bertz CT molecular complexity index is 615. The van der Waals surface area contributed by atoms with Crippen molar-refractivity contribution in [3.8, 4) is 11.5 Å². The molecule has 0 spiro atoms. The third-order valence-electron chi connectivity index (χ3n) is 4.12. The topological polar surface area (TPSA) is 46.3 Å². The van der Waals surface area contributed by atoms with Crippen molar-refractivity contribution in [3.63, 3.8) is 0 Å². The average molecular weight is 300 g/mol. The highest BCUT2D eigenvalue weighted by Crippen LogP contribution is 2.22. The van der Waals surface area contributed by atoms with Crippen LogP contribution < -0.4 is 0 Å². The second-order valence-electron chi connectivity index (χ2n) is 5.54. The summed E-state index contributed by atoms with van der Waals surface area (Å²) >= 11 is 0. The highest BCUT2D eigenvalue weighted by Gasteiger charge is 2.20. The SMILES string of the molecule is CCC(CC)N(C)C(=O)Cc1nc(-c2ccccc2)oc1C. The van der Waals surface area contributed by atoms with Crippen LogP contribution in [0, 0.1) is 6.92 Å². The number of rotatable bonds is 6. The summed E-state index contributed by atoms with van der Waals surface area (Å²) in [5, 5.41) is 0. The summed E-state index contributed by atoms with van der Waals surface area (Å²) in [5.74, 6) is 1.38. The lowest BCUT2D eigenvalue weighted by Crippen LogP contribution is -2.37. The molecule has 0 saturated carbocycles. The Balaban J connectivity index is 2.14. The van der Waals surface area contributed by atoms with Crippen LogP contribution in [-0.4, -0.2) is 28.9 Å². The molecular formula is C18H24N2O2. The summed E-state index contributed by atoms with van der Waals surface area (Å²) in [6.07, 6.45) is 2.22. The Morgan fingerprint density at radius 1 is 1.23 bits per heavy atom. The Morgan fingerprint density at radius 3 is 2.45 bits per heavy atom. The molecule has 2 aromatic rings. The molecule has 1 aromatic heterocycles. The van der Waals surface area contributed by atoms with Gasteiger partial charge in [0.1, 0.15) is 5.76 Å². The molecule has 22 heavy (non-hydrogen) atoms. The predicted molar refractivity (Wildman–Crippen MR) is 87.5 cm³/mol. The number of hydrogen-bond donors (Lipinski definition) is 0. The zero-order valence-corrected chi connectivity index (χ0v) is 13.8. The number of benzene rings is 1. The first-order valence-corrected chi connectivity index (χ1v) is 7.84. The summed E-state index contributed by atoms with van der Waals surface area (Å²) in [6.45, 7) is 6.07. The van der Waals surface area contributed by atoms with Crippen molar-refractivity contribution in [1.29, 1.82) is 0 Å². The van der Waals surface area contributed by atoms with Gasteiger partial charge in [-0.1, -0.05) is 32.0 Å². The van der Waals surface area contributed by atoms with Crippen molar-refractivity contribution < 1.29 is 9.21 Å². The van der Waals surface area contributed by atoms with E-state index in [-0.39, 0.29) is 18.4 Å². The largest absolute Gasteiger partial charge is 0.441 e. The van der Waals surface area contributed by atoms with Crippen LogP contribution in [0.5, 0.6) is 0 Å². The molecule has 0 fully saturated rings. The number of aromatic nitrogens is 1. The molecule has 1 aromatic carbocycles. The van der Waals surface area contributed by atoms with Crippen molar-refractivity contribution in [1.82, 2.24) is 9.88 Å². The molecule has 1 heterocycles. The number of aryl methyl sites for hydroxylation is 1. The number of nitrogens with zero attached hydrogens (tertiary/aromatic N) is 2. The van der Waals surface area contributed by atoms with E-state index in [9.17, 15) is 4.79 Å². The van der Waals surface area contributed by atoms with E-state index in [2.05, 4.69) is 18.8 Å². The van der Waals surface area contributed by atoms with Gasteiger partial charge in [0.05, 0.1) is 12.1 Å². The van der Waals surface area contributed by atoms with E-state index in [0.29, 0.717) is 11.7 Å².